The molecule has 276 valence electrons. The van der Waals surface area contributed by atoms with Gasteiger partial charge in [-0.3, -0.25) is 4.57 Å². The van der Waals surface area contributed by atoms with Gasteiger partial charge in [-0.1, -0.05) is 92.2 Å². The minimum atomic E-state index is -0.0875. The molecule has 0 spiro atoms. The molecule has 3 heterocycles. The number of aryl methyl sites for hydroxylation is 1. The highest BCUT2D eigenvalue weighted by molar-refractivity contribution is 6.09. The van der Waals surface area contributed by atoms with Crippen LogP contribution in [0.5, 0.6) is 11.5 Å². The molecular weight excluding hydrogens is 649 g/mol. The van der Waals surface area contributed by atoms with Crippen molar-refractivity contribution in [3.8, 4) is 23.0 Å². The first kappa shape index (κ1) is 36.7. The summed E-state index contributed by atoms with van der Waals surface area (Å²) >= 11 is 0. The Labute approximate surface area is 317 Å². The average Bonchev–Trinajstić information content (AvgIpc) is 3.59. The van der Waals surface area contributed by atoms with Gasteiger partial charge in [-0.2, -0.15) is 5.10 Å². The average molecular weight is 707 g/mol. The van der Waals surface area contributed by atoms with Crippen molar-refractivity contribution in [2.75, 3.05) is 0 Å². The zero-order chi connectivity index (χ0) is 37.8. The van der Waals surface area contributed by atoms with E-state index in [9.17, 15) is 0 Å². The number of ether oxygens (including phenoxy) is 1. The number of para-hydroxylation sites is 1. The maximum Gasteiger partial charge on any atom is 0.137 e. The highest BCUT2D eigenvalue weighted by Gasteiger charge is 2.36. The zero-order valence-electron chi connectivity index (χ0n) is 33.8. The minimum Gasteiger partial charge on any atom is -0.457 e. The molecule has 0 saturated carbocycles. The lowest BCUT2D eigenvalue weighted by atomic mass is 9.67. The van der Waals surface area contributed by atoms with Gasteiger partial charge in [0.1, 0.15) is 17.3 Å². The summed E-state index contributed by atoms with van der Waals surface area (Å²) in [5.41, 5.74) is 11.0. The van der Waals surface area contributed by atoms with Crippen molar-refractivity contribution in [3.05, 3.63) is 119 Å². The van der Waals surface area contributed by atoms with E-state index in [-0.39, 0.29) is 5.41 Å². The maximum absolute atomic E-state index is 6.85. The Bertz CT molecular complexity index is 2310. The van der Waals surface area contributed by atoms with E-state index in [1.54, 1.807) is 5.57 Å². The Kier molecular flexibility index (Phi) is 9.91. The molecule has 2 atom stereocenters. The third-order valence-electron chi connectivity index (χ3n) is 11.4. The molecule has 0 amide bonds. The van der Waals surface area contributed by atoms with Crippen molar-refractivity contribution in [2.24, 2.45) is 23.7 Å². The van der Waals surface area contributed by atoms with E-state index in [1.807, 2.05) is 6.20 Å². The fraction of sp³-hybridized carbons (Fsp3) is 0.417. The Morgan fingerprint density at radius 3 is 2.30 bits per heavy atom. The standard InChI is InChI=1S/C48H58N4O/c1-29(2)23-34-21-22-49-45(24-34)51-43-18-13-12-15-41(43)42-20-19-37(28-44(42)51)53-38-26-35(48(9,10)11)25-36(27-38)52-33(8)46(32(7)50-52)47-39(30(3)4)16-14-17-40(47)31(5)6/h12-13,15-16,18-22,24-31,40,47H,14,17,23H2,1-11H3/t40-,47+/m1/s1. The van der Waals surface area contributed by atoms with Gasteiger partial charge in [0.15, 0.2) is 0 Å². The number of rotatable bonds is 9. The molecule has 53 heavy (non-hydrogen) atoms. The van der Waals surface area contributed by atoms with Crippen LogP contribution in [0.1, 0.15) is 109 Å². The van der Waals surface area contributed by atoms with Gasteiger partial charge in [0.25, 0.3) is 0 Å². The number of aromatic nitrogens is 4. The molecule has 5 heteroatoms. The fourth-order valence-corrected chi connectivity index (χ4v) is 8.81. The van der Waals surface area contributed by atoms with Crippen LogP contribution in [0.25, 0.3) is 33.3 Å². The summed E-state index contributed by atoms with van der Waals surface area (Å²) in [4.78, 5) is 4.88. The van der Waals surface area contributed by atoms with Gasteiger partial charge in [-0.15, -0.1) is 0 Å². The van der Waals surface area contributed by atoms with Crippen molar-refractivity contribution in [1.82, 2.24) is 19.3 Å². The molecule has 0 radical (unpaired) electrons. The molecule has 0 bridgehead atoms. The molecule has 0 fully saturated rings. The van der Waals surface area contributed by atoms with E-state index in [2.05, 4.69) is 164 Å². The Morgan fingerprint density at radius 2 is 1.58 bits per heavy atom. The SMILES string of the molecule is Cc1nn(-c2cc(Oc3ccc4c5ccccc5n(-c5cc(CC(C)C)ccn5)c4c3)cc(C(C)(C)C)c2)c(C)c1[C@H]1C(C(C)C)=CCC[C@@H]1C(C)C. The minimum absolute atomic E-state index is 0.0875. The van der Waals surface area contributed by atoms with E-state index in [0.29, 0.717) is 29.6 Å². The van der Waals surface area contributed by atoms with Crippen LogP contribution < -0.4 is 4.74 Å². The largest absolute Gasteiger partial charge is 0.457 e. The highest BCUT2D eigenvalue weighted by Crippen LogP contribution is 2.47. The Hall–Kier alpha value is -4.64. The van der Waals surface area contributed by atoms with E-state index in [0.717, 1.165) is 46.2 Å². The van der Waals surface area contributed by atoms with E-state index in [4.69, 9.17) is 14.8 Å². The van der Waals surface area contributed by atoms with Crippen molar-refractivity contribution in [1.29, 1.82) is 0 Å². The van der Waals surface area contributed by atoms with Crippen molar-refractivity contribution < 1.29 is 4.74 Å². The topological polar surface area (TPSA) is 44.9 Å². The third-order valence-corrected chi connectivity index (χ3v) is 11.4. The summed E-state index contributed by atoms with van der Waals surface area (Å²) < 4.78 is 11.3. The number of allylic oxidation sites excluding steroid dienone is 2. The van der Waals surface area contributed by atoms with Crippen LogP contribution >= 0.6 is 0 Å². The van der Waals surface area contributed by atoms with Crippen LogP contribution in [0, 0.1) is 37.5 Å². The zero-order valence-corrected chi connectivity index (χ0v) is 33.8. The summed E-state index contributed by atoms with van der Waals surface area (Å²) in [6, 6.07) is 26.1. The second-order valence-electron chi connectivity index (χ2n) is 17.5. The van der Waals surface area contributed by atoms with Gasteiger partial charge in [-0.05, 0) is 116 Å². The molecule has 0 saturated heterocycles. The van der Waals surface area contributed by atoms with Crippen LogP contribution in [-0.2, 0) is 11.8 Å². The van der Waals surface area contributed by atoms with E-state index < -0.39 is 0 Å². The molecule has 7 rings (SSSR count). The van der Waals surface area contributed by atoms with Crippen LogP contribution in [0.3, 0.4) is 0 Å². The number of hydrogen-bond acceptors (Lipinski definition) is 3. The predicted molar refractivity (Wildman–Crippen MR) is 222 cm³/mol. The second-order valence-corrected chi connectivity index (χ2v) is 17.5. The Morgan fingerprint density at radius 1 is 0.830 bits per heavy atom. The van der Waals surface area contributed by atoms with Gasteiger partial charge < -0.3 is 4.74 Å². The first-order valence-electron chi connectivity index (χ1n) is 19.8. The van der Waals surface area contributed by atoms with E-state index in [1.165, 1.54) is 46.0 Å². The van der Waals surface area contributed by atoms with Gasteiger partial charge in [0, 0.05) is 46.3 Å². The lowest BCUT2D eigenvalue weighted by molar-refractivity contribution is 0.297. The molecule has 1 aliphatic rings. The fourth-order valence-electron chi connectivity index (χ4n) is 8.81. The quantitative estimate of drug-likeness (QED) is 0.141. The van der Waals surface area contributed by atoms with Crippen molar-refractivity contribution in [3.63, 3.8) is 0 Å². The van der Waals surface area contributed by atoms with Gasteiger partial charge in [0.2, 0.25) is 0 Å². The monoisotopic (exact) mass is 706 g/mol. The van der Waals surface area contributed by atoms with Gasteiger partial charge >= 0.3 is 0 Å². The summed E-state index contributed by atoms with van der Waals surface area (Å²) in [6.45, 7) is 25.3. The molecule has 3 aromatic heterocycles. The third kappa shape index (κ3) is 7.07. The molecule has 1 aliphatic carbocycles. The second kappa shape index (κ2) is 14.3. The normalized spacial score (nSPS) is 16.8. The number of hydrogen-bond donors (Lipinski definition) is 0. The summed E-state index contributed by atoms with van der Waals surface area (Å²) in [6.07, 6.45) is 7.86. The molecule has 0 aliphatic heterocycles. The molecule has 5 nitrogen and oxygen atoms in total. The predicted octanol–water partition coefficient (Wildman–Crippen LogP) is 13.0. The maximum atomic E-state index is 6.85. The first-order valence-corrected chi connectivity index (χ1v) is 19.8. The van der Waals surface area contributed by atoms with Gasteiger partial charge in [0.05, 0.1) is 22.4 Å². The Balaban J connectivity index is 1.33. The lowest BCUT2D eigenvalue weighted by Crippen LogP contribution is -2.26. The molecular formula is C48H58N4O. The molecule has 6 aromatic rings. The number of pyridine rings is 1. The number of nitrogens with zero attached hydrogens (tertiary/aromatic N) is 4. The van der Waals surface area contributed by atoms with Crippen LogP contribution in [0.15, 0.2) is 90.6 Å². The lowest BCUT2D eigenvalue weighted by Gasteiger charge is -2.37. The van der Waals surface area contributed by atoms with E-state index >= 15 is 0 Å². The van der Waals surface area contributed by atoms with Crippen molar-refractivity contribution >= 4 is 21.8 Å². The summed E-state index contributed by atoms with van der Waals surface area (Å²) in [5.74, 6) is 5.19. The smallest absolute Gasteiger partial charge is 0.137 e. The molecule has 3 aromatic carbocycles. The van der Waals surface area contributed by atoms with Crippen LogP contribution in [0.2, 0.25) is 0 Å². The van der Waals surface area contributed by atoms with Crippen LogP contribution in [-0.4, -0.2) is 19.3 Å². The number of fused-ring (bicyclic) bond motifs is 3. The first-order chi connectivity index (χ1) is 25.2. The summed E-state index contributed by atoms with van der Waals surface area (Å²) in [7, 11) is 0. The van der Waals surface area contributed by atoms with Crippen LogP contribution in [0.4, 0.5) is 0 Å². The summed E-state index contributed by atoms with van der Waals surface area (Å²) in [5, 5.41) is 7.66. The van der Waals surface area contributed by atoms with Crippen molar-refractivity contribution in [2.45, 2.75) is 107 Å². The molecule has 0 unspecified atom stereocenters. The highest BCUT2D eigenvalue weighted by atomic mass is 16.5. The van der Waals surface area contributed by atoms with Gasteiger partial charge in [-0.25, -0.2) is 9.67 Å². The number of benzene rings is 3. The molecule has 0 N–H and O–H groups in total.